The molecule has 0 aliphatic carbocycles. The molecule has 19 heavy (non-hydrogen) atoms. The van der Waals surface area contributed by atoms with Gasteiger partial charge in [-0.25, -0.2) is 0 Å². The number of nitrogen functional groups attached to an aromatic ring is 1. The van der Waals surface area contributed by atoms with Crippen molar-refractivity contribution >= 4 is 11.6 Å². The first kappa shape index (κ1) is 15.5. The summed E-state index contributed by atoms with van der Waals surface area (Å²) in [5.74, 6) is -0.245. The lowest BCUT2D eigenvalue weighted by atomic mass is 9.94. The van der Waals surface area contributed by atoms with Gasteiger partial charge in [0.15, 0.2) is 0 Å². The number of nitrogens with zero attached hydrogens (tertiary/aromatic N) is 2. The Balaban J connectivity index is 2.98. The van der Waals surface area contributed by atoms with Crippen molar-refractivity contribution < 1.29 is 9.90 Å². The van der Waals surface area contributed by atoms with Crippen LogP contribution in [0.2, 0.25) is 0 Å². The van der Waals surface area contributed by atoms with Crippen molar-refractivity contribution in [2.24, 2.45) is 7.05 Å². The minimum Gasteiger partial charge on any atom is -0.396 e. The van der Waals surface area contributed by atoms with Gasteiger partial charge in [-0.3, -0.25) is 9.48 Å². The van der Waals surface area contributed by atoms with Crippen molar-refractivity contribution in [1.29, 1.82) is 0 Å². The number of amides is 1. The molecule has 0 radical (unpaired) electrons. The van der Waals surface area contributed by atoms with E-state index in [4.69, 9.17) is 10.8 Å². The van der Waals surface area contributed by atoms with Crippen molar-refractivity contribution in [2.45, 2.75) is 45.6 Å². The van der Waals surface area contributed by atoms with E-state index in [2.05, 4.69) is 10.4 Å². The van der Waals surface area contributed by atoms with Gasteiger partial charge in [0, 0.05) is 19.2 Å². The molecule has 0 saturated carbocycles. The molecule has 1 aromatic heterocycles. The number of hydrogen-bond acceptors (Lipinski definition) is 4. The molecule has 1 unspecified atom stereocenters. The maximum absolute atomic E-state index is 12.3. The van der Waals surface area contributed by atoms with Crippen LogP contribution in [0.5, 0.6) is 0 Å². The maximum Gasteiger partial charge on any atom is 0.272 e. The quantitative estimate of drug-likeness (QED) is 0.713. The molecule has 1 rings (SSSR count). The van der Waals surface area contributed by atoms with Crippen LogP contribution in [0.4, 0.5) is 5.69 Å². The summed E-state index contributed by atoms with van der Waals surface area (Å²) in [6.45, 7) is 5.86. The van der Waals surface area contributed by atoms with E-state index in [0.29, 0.717) is 24.2 Å². The third-order valence-electron chi connectivity index (χ3n) is 3.57. The molecular formula is C13H24N4O2. The zero-order valence-electron chi connectivity index (χ0n) is 12.2. The highest BCUT2D eigenvalue weighted by Gasteiger charge is 2.27. The number of nitrogens with one attached hydrogen (secondary N) is 1. The number of rotatable bonds is 6. The standard InChI is InChI=1S/C13H24N4O2/c1-5-9-10(14)11(17(4)16-9)12(19)15-13(3,6-2)7-8-18/h18H,5-8,14H2,1-4H3,(H,15,19). The first-order valence-electron chi connectivity index (χ1n) is 6.63. The highest BCUT2D eigenvalue weighted by molar-refractivity contribution is 5.98. The van der Waals surface area contributed by atoms with Crippen LogP contribution in [-0.4, -0.2) is 32.9 Å². The third-order valence-corrected chi connectivity index (χ3v) is 3.57. The van der Waals surface area contributed by atoms with E-state index >= 15 is 0 Å². The Morgan fingerprint density at radius 1 is 1.53 bits per heavy atom. The van der Waals surface area contributed by atoms with Crippen LogP contribution in [-0.2, 0) is 13.5 Å². The topological polar surface area (TPSA) is 93.2 Å². The van der Waals surface area contributed by atoms with Gasteiger partial charge in [-0.05, 0) is 26.2 Å². The number of carbonyl (C=O) groups is 1. The Morgan fingerprint density at radius 2 is 2.16 bits per heavy atom. The van der Waals surface area contributed by atoms with Gasteiger partial charge in [-0.2, -0.15) is 5.10 Å². The summed E-state index contributed by atoms with van der Waals surface area (Å²) in [5, 5.41) is 16.2. The first-order chi connectivity index (χ1) is 8.88. The van der Waals surface area contributed by atoms with Gasteiger partial charge in [0.05, 0.1) is 11.4 Å². The summed E-state index contributed by atoms with van der Waals surface area (Å²) in [6, 6.07) is 0. The number of anilines is 1. The van der Waals surface area contributed by atoms with Gasteiger partial charge in [0.25, 0.3) is 5.91 Å². The fourth-order valence-corrected chi connectivity index (χ4v) is 2.03. The van der Waals surface area contributed by atoms with Gasteiger partial charge in [0.1, 0.15) is 5.69 Å². The van der Waals surface area contributed by atoms with Crippen molar-refractivity contribution in [3.05, 3.63) is 11.4 Å². The highest BCUT2D eigenvalue weighted by Crippen LogP contribution is 2.20. The summed E-state index contributed by atoms with van der Waals surface area (Å²) < 4.78 is 1.51. The maximum atomic E-state index is 12.3. The fourth-order valence-electron chi connectivity index (χ4n) is 2.03. The van der Waals surface area contributed by atoms with E-state index in [-0.39, 0.29) is 12.5 Å². The molecule has 6 nitrogen and oxygen atoms in total. The van der Waals surface area contributed by atoms with Gasteiger partial charge in [-0.1, -0.05) is 13.8 Å². The second-order valence-corrected chi connectivity index (χ2v) is 5.03. The summed E-state index contributed by atoms with van der Waals surface area (Å²) in [6.07, 6.45) is 1.93. The highest BCUT2D eigenvalue weighted by atomic mass is 16.3. The number of nitrogens with two attached hydrogens (primary N) is 1. The average Bonchev–Trinajstić information content (AvgIpc) is 2.64. The van der Waals surface area contributed by atoms with Gasteiger partial charge in [0.2, 0.25) is 0 Å². The van der Waals surface area contributed by atoms with Gasteiger partial charge < -0.3 is 16.2 Å². The zero-order valence-corrected chi connectivity index (χ0v) is 12.2. The first-order valence-corrected chi connectivity index (χ1v) is 6.63. The number of aliphatic hydroxyl groups is 1. The minimum atomic E-state index is -0.436. The van der Waals surface area contributed by atoms with Crippen LogP contribution in [0.3, 0.4) is 0 Å². The average molecular weight is 268 g/mol. The Hall–Kier alpha value is -1.56. The van der Waals surface area contributed by atoms with Crippen LogP contribution < -0.4 is 11.1 Å². The lowest BCUT2D eigenvalue weighted by Gasteiger charge is -2.29. The molecule has 1 aromatic rings. The van der Waals surface area contributed by atoms with Crippen LogP contribution in [0.1, 0.15) is 49.8 Å². The molecule has 0 aromatic carbocycles. The SMILES string of the molecule is CCc1nn(C)c(C(=O)NC(C)(CC)CCO)c1N. The molecule has 108 valence electrons. The molecule has 0 fully saturated rings. The van der Waals surface area contributed by atoms with E-state index in [1.807, 2.05) is 20.8 Å². The molecule has 0 bridgehead atoms. The Kier molecular flexibility index (Phi) is 4.94. The van der Waals surface area contributed by atoms with Crippen molar-refractivity contribution in [3.63, 3.8) is 0 Å². The molecule has 1 atom stereocenters. The third kappa shape index (κ3) is 3.26. The molecule has 0 aliphatic rings. The van der Waals surface area contributed by atoms with Crippen LogP contribution in [0.25, 0.3) is 0 Å². The lowest BCUT2D eigenvalue weighted by molar-refractivity contribution is 0.0877. The van der Waals surface area contributed by atoms with Gasteiger partial charge in [-0.15, -0.1) is 0 Å². The molecule has 1 heterocycles. The van der Waals surface area contributed by atoms with Crippen LogP contribution >= 0.6 is 0 Å². The van der Waals surface area contributed by atoms with E-state index in [0.717, 1.165) is 12.1 Å². The lowest BCUT2D eigenvalue weighted by Crippen LogP contribution is -2.46. The number of aliphatic hydroxyl groups excluding tert-OH is 1. The Labute approximate surface area is 114 Å². The Morgan fingerprint density at radius 3 is 2.58 bits per heavy atom. The minimum absolute atomic E-state index is 0.0334. The number of aryl methyl sites for hydroxylation is 2. The van der Waals surface area contributed by atoms with Crippen molar-refractivity contribution in [3.8, 4) is 0 Å². The summed E-state index contributed by atoms with van der Waals surface area (Å²) >= 11 is 0. The fraction of sp³-hybridized carbons (Fsp3) is 0.692. The molecule has 4 N–H and O–H groups in total. The monoisotopic (exact) mass is 268 g/mol. The summed E-state index contributed by atoms with van der Waals surface area (Å²) in [5.41, 5.74) is 7.07. The number of aromatic nitrogens is 2. The van der Waals surface area contributed by atoms with E-state index in [9.17, 15) is 4.79 Å². The largest absolute Gasteiger partial charge is 0.396 e. The normalized spacial score (nSPS) is 14.2. The molecule has 1 amide bonds. The molecule has 0 aliphatic heterocycles. The van der Waals surface area contributed by atoms with Crippen molar-refractivity contribution in [2.75, 3.05) is 12.3 Å². The van der Waals surface area contributed by atoms with Crippen molar-refractivity contribution in [1.82, 2.24) is 15.1 Å². The number of carbonyl (C=O) groups excluding carboxylic acids is 1. The van der Waals surface area contributed by atoms with E-state index < -0.39 is 5.54 Å². The van der Waals surface area contributed by atoms with Crippen LogP contribution in [0.15, 0.2) is 0 Å². The van der Waals surface area contributed by atoms with E-state index in [1.54, 1.807) is 7.05 Å². The zero-order chi connectivity index (χ0) is 14.6. The number of hydrogen-bond donors (Lipinski definition) is 3. The molecular weight excluding hydrogens is 244 g/mol. The van der Waals surface area contributed by atoms with Gasteiger partial charge >= 0.3 is 0 Å². The second-order valence-electron chi connectivity index (χ2n) is 5.03. The predicted octanol–water partition coefficient (Wildman–Crippen LogP) is 0.846. The summed E-state index contributed by atoms with van der Waals surface area (Å²) in [7, 11) is 1.71. The second kappa shape index (κ2) is 6.06. The summed E-state index contributed by atoms with van der Waals surface area (Å²) in [4.78, 5) is 12.3. The predicted molar refractivity (Wildman–Crippen MR) is 74.9 cm³/mol. The molecule has 0 saturated heterocycles. The van der Waals surface area contributed by atoms with Crippen LogP contribution in [0, 0.1) is 0 Å². The smallest absolute Gasteiger partial charge is 0.272 e. The van der Waals surface area contributed by atoms with E-state index in [1.165, 1.54) is 4.68 Å². The molecule has 6 heteroatoms. The molecule has 0 spiro atoms. The Bertz CT molecular complexity index is 456.